The van der Waals surface area contributed by atoms with E-state index in [1.807, 2.05) is 30.3 Å². The smallest absolute Gasteiger partial charge is 0.277 e. The lowest BCUT2D eigenvalue weighted by Gasteiger charge is -2.08. The monoisotopic (exact) mass is 380 g/mol. The Balaban J connectivity index is 1.58. The van der Waals surface area contributed by atoms with E-state index in [4.69, 9.17) is 0 Å². The molecule has 2 heterocycles. The highest BCUT2D eigenvalue weighted by molar-refractivity contribution is 5.90. The number of hydrogen-bond donors (Lipinski definition) is 1. The lowest BCUT2D eigenvalue weighted by molar-refractivity contribution is -0.116. The van der Waals surface area contributed by atoms with E-state index in [2.05, 4.69) is 10.4 Å². The third-order valence-electron chi connectivity index (χ3n) is 4.19. The molecule has 0 radical (unpaired) electrons. The number of nitrogens with zero attached hydrogens (tertiary/aromatic N) is 3. The van der Waals surface area contributed by atoms with Crippen LogP contribution in [0.15, 0.2) is 71.8 Å². The minimum absolute atomic E-state index is 0.105. The summed E-state index contributed by atoms with van der Waals surface area (Å²) in [5.41, 5.74) is 1.54. The van der Waals surface area contributed by atoms with Gasteiger partial charge in [-0.3, -0.25) is 9.59 Å². The lowest BCUT2D eigenvalue weighted by atomic mass is 10.1. The van der Waals surface area contributed by atoms with Gasteiger partial charge in [0.2, 0.25) is 5.91 Å². The van der Waals surface area contributed by atoms with Gasteiger partial charge in [-0.1, -0.05) is 30.3 Å². The number of anilines is 1. The molecule has 0 aliphatic carbocycles. The fourth-order valence-electron chi connectivity index (χ4n) is 2.83. The van der Waals surface area contributed by atoms with Crippen LogP contribution in [0, 0.1) is 11.6 Å². The quantitative estimate of drug-likeness (QED) is 0.592. The van der Waals surface area contributed by atoms with Gasteiger partial charge in [0.1, 0.15) is 12.1 Å². The summed E-state index contributed by atoms with van der Waals surface area (Å²) in [6, 6.07) is 14.1. The van der Waals surface area contributed by atoms with Crippen LogP contribution in [0.4, 0.5) is 14.5 Å². The molecular formula is C20H14F2N4O2. The molecule has 0 unspecified atom stereocenters. The number of fused-ring (bicyclic) bond motifs is 1. The van der Waals surface area contributed by atoms with E-state index in [0.717, 1.165) is 17.7 Å². The molecule has 0 fully saturated rings. The van der Waals surface area contributed by atoms with E-state index in [1.165, 1.54) is 21.3 Å². The van der Waals surface area contributed by atoms with Crippen LogP contribution in [0.3, 0.4) is 0 Å². The molecule has 4 rings (SSSR count). The number of hydrogen-bond acceptors (Lipinski definition) is 3. The van der Waals surface area contributed by atoms with Crippen LogP contribution in [0.1, 0.15) is 0 Å². The summed E-state index contributed by atoms with van der Waals surface area (Å²) >= 11 is 0. The number of aromatic nitrogens is 3. The predicted octanol–water partition coefficient (Wildman–Crippen LogP) is 3.08. The van der Waals surface area contributed by atoms with Gasteiger partial charge in [-0.05, 0) is 18.2 Å². The highest BCUT2D eigenvalue weighted by Gasteiger charge is 2.12. The first kappa shape index (κ1) is 17.6. The van der Waals surface area contributed by atoms with Crippen LogP contribution < -0.4 is 10.9 Å². The van der Waals surface area contributed by atoms with E-state index in [0.29, 0.717) is 11.2 Å². The van der Waals surface area contributed by atoms with Crippen molar-refractivity contribution in [3.8, 4) is 11.3 Å². The van der Waals surface area contributed by atoms with Crippen molar-refractivity contribution in [1.82, 2.24) is 14.2 Å². The van der Waals surface area contributed by atoms with Crippen LogP contribution in [0.25, 0.3) is 16.8 Å². The molecule has 0 atom stereocenters. The van der Waals surface area contributed by atoms with Crippen LogP contribution in [-0.2, 0) is 11.3 Å². The van der Waals surface area contributed by atoms with Crippen molar-refractivity contribution in [3.05, 3.63) is 89.0 Å². The lowest BCUT2D eigenvalue weighted by Crippen LogP contribution is -2.28. The summed E-state index contributed by atoms with van der Waals surface area (Å²) in [5, 5.41) is 6.81. The second-order valence-electron chi connectivity index (χ2n) is 6.13. The fourth-order valence-corrected chi connectivity index (χ4v) is 2.83. The zero-order chi connectivity index (χ0) is 19.7. The van der Waals surface area contributed by atoms with Gasteiger partial charge >= 0.3 is 0 Å². The minimum atomic E-state index is -1.07. The second-order valence-corrected chi connectivity index (χ2v) is 6.13. The van der Waals surface area contributed by atoms with Gasteiger partial charge in [-0.15, -0.1) is 0 Å². The summed E-state index contributed by atoms with van der Waals surface area (Å²) in [7, 11) is 0. The van der Waals surface area contributed by atoms with Crippen LogP contribution in [0.2, 0.25) is 0 Å². The number of rotatable bonds is 4. The summed E-state index contributed by atoms with van der Waals surface area (Å²) in [6.45, 7) is -0.278. The standard InChI is InChI=1S/C20H14F2N4O2/c21-15-7-6-14(10-16(15)22)23-19(27)12-25-8-9-26-18(20(25)28)11-17(24-26)13-4-2-1-3-5-13/h1-11H,12H2,(H,23,27). The molecule has 140 valence electrons. The molecular weight excluding hydrogens is 366 g/mol. The zero-order valence-corrected chi connectivity index (χ0v) is 14.5. The molecule has 0 saturated carbocycles. The second kappa shape index (κ2) is 7.07. The SMILES string of the molecule is O=C(Cn1ccn2nc(-c3ccccc3)cc2c1=O)Nc1ccc(F)c(F)c1. The Labute approximate surface area is 157 Å². The topological polar surface area (TPSA) is 68.4 Å². The van der Waals surface area contributed by atoms with E-state index in [1.54, 1.807) is 12.3 Å². The Morgan fingerprint density at radius 1 is 1.00 bits per heavy atom. The number of nitrogens with one attached hydrogen (secondary N) is 1. The first-order chi connectivity index (χ1) is 13.5. The molecule has 1 N–H and O–H groups in total. The van der Waals surface area contributed by atoms with Crippen molar-refractivity contribution >= 4 is 17.1 Å². The average Bonchev–Trinajstić information content (AvgIpc) is 3.13. The fraction of sp³-hybridized carbons (Fsp3) is 0.0500. The van der Waals surface area contributed by atoms with Gasteiger partial charge in [-0.25, -0.2) is 13.3 Å². The Bertz CT molecular complexity index is 1230. The van der Waals surface area contributed by atoms with E-state index >= 15 is 0 Å². The normalized spacial score (nSPS) is 10.9. The molecule has 0 saturated heterocycles. The van der Waals surface area contributed by atoms with Crippen molar-refractivity contribution < 1.29 is 13.6 Å². The number of carbonyl (C=O) groups excluding carboxylic acids is 1. The first-order valence-corrected chi connectivity index (χ1v) is 8.40. The molecule has 2 aromatic carbocycles. The van der Waals surface area contributed by atoms with Gasteiger partial charge in [0, 0.05) is 29.7 Å². The third-order valence-corrected chi connectivity index (χ3v) is 4.19. The Morgan fingerprint density at radius 3 is 2.54 bits per heavy atom. The van der Waals surface area contributed by atoms with Gasteiger partial charge in [-0.2, -0.15) is 5.10 Å². The molecule has 4 aromatic rings. The molecule has 0 aliphatic heterocycles. The Kier molecular flexibility index (Phi) is 4.44. The molecule has 1 amide bonds. The van der Waals surface area contributed by atoms with Crippen LogP contribution >= 0.6 is 0 Å². The number of benzene rings is 2. The highest BCUT2D eigenvalue weighted by atomic mass is 19.2. The summed E-state index contributed by atoms with van der Waals surface area (Å²) in [5.74, 6) is -2.61. The van der Waals surface area contributed by atoms with E-state index < -0.39 is 23.1 Å². The van der Waals surface area contributed by atoms with Gasteiger partial charge < -0.3 is 9.88 Å². The molecule has 6 nitrogen and oxygen atoms in total. The van der Waals surface area contributed by atoms with Crippen molar-refractivity contribution in [2.45, 2.75) is 6.54 Å². The number of amides is 1. The maximum Gasteiger partial charge on any atom is 0.277 e. The van der Waals surface area contributed by atoms with E-state index in [9.17, 15) is 18.4 Å². The number of halogens is 2. The van der Waals surface area contributed by atoms with E-state index in [-0.39, 0.29) is 12.2 Å². The molecule has 2 aromatic heterocycles. The molecule has 8 heteroatoms. The zero-order valence-electron chi connectivity index (χ0n) is 14.5. The third kappa shape index (κ3) is 3.39. The average molecular weight is 380 g/mol. The Morgan fingerprint density at radius 2 is 1.79 bits per heavy atom. The Hall–Kier alpha value is -3.81. The van der Waals surface area contributed by atoms with Gasteiger partial charge in [0.25, 0.3) is 5.56 Å². The molecule has 28 heavy (non-hydrogen) atoms. The highest BCUT2D eigenvalue weighted by Crippen LogP contribution is 2.17. The maximum atomic E-state index is 13.2. The van der Waals surface area contributed by atoms with Gasteiger partial charge in [0.05, 0.1) is 5.69 Å². The minimum Gasteiger partial charge on any atom is -0.324 e. The van der Waals surface area contributed by atoms with Gasteiger partial charge in [0.15, 0.2) is 11.6 Å². The number of carbonyl (C=O) groups is 1. The maximum absolute atomic E-state index is 13.2. The summed E-state index contributed by atoms with van der Waals surface area (Å²) in [4.78, 5) is 24.9. The van der Waals surface area contributed by atoms with Crippen LogP contribution in [-0.4, -0.2) is 20.1 Å². The summed E-state index contributed by atoms with van der Waals surface area (Å²) < 4.78 is 28.9. The first-order valence-electron chi connectivity index (χ1n) is 8.40. The van der Waals surface area contributed by atoms with Crippen molar-refractivity contribution in [1.29, 1.82) is 0 Å². The molecule has 0 aliphatic rings. The summed E-state index contributed by atoms with van der Waals surface area (Å²) in [6.07, 6.45) is 3.02. The van der Waals surface area contributed by atoms with Crippen molar-refractivity contribution in [2.24, 2.45) is 0 Å². The molecule has 0 bridgehead atoms. The largest absolute Gasteiger partial charge is 0.324 e. The van der Waals surface area contributed by atoms with Crippen LogP contribution in [0.5, 0.6) is 0 Å². The van der Waals surface area contributed by atoms with Crippen molar-refractivity contribution in [3.63, 3.8) is 0 Å². The predicted molar refractivity (Wildman–Crippen MR) is 99.9 cm³/mol. The molecule has 0 spiro atoms. The van der Waals surface area contributed by atoms with Crippen molar-refractivity contribution in [2.75, 3.05) is 5.32 Å².